The number of benzene rings is 2. The van der Waals surface area contributed by atoms with Crippen molar-refractivity contribution in [3.05, 3.63) is 60.2 Å². The second-order valence-electron chi connectivity index (χ2n) is 8.26. The van der Waals surface area contributed by atoms with Crippen molar-refractivity contribution in [2.45, 2.75) is 43.6 Å². The molecular formula is C24H34Cl2N2O2. The third kappa shape index (κ3) is 6.35. The summed E-state index contributed by atoms with van der Waals surface area (Å²) in [6.45, 7) is 5.07. The number of para-hydroxylation sites is 1. The third-order valence-corrected chi connectivity index (χ3v) is 6.26. The molecule has 1 saturated heterocycles. The smallest absolute Gasteiger partial charge is 0.127 e. The summed E-state index contributed by atoms with van der Waals surface area (Å²) < 4.78 is 6.07. The maximum atomic E-state index is 11.6. The molecule has 2 fully saturated rings. The summed E-state index contributed by atoms with van der Waals surface area (Å²) in [6, 6.07) is 18.3. The molecule has 1 atom stereocenters. The Morgan fingerprint density at radius 2 is 1.57 bits per heavy atom. The van der Waals surface area contributed by atoms with Crippen LogP contribution in [0.5, 0.6) is 11.5 Å². The van der Waals surface area contributed by atoms with Crippen LogP contribution >= 0.6 is 24.8 Å². The minimum Gasteiger partial charge on any atom is -0.457 e. The predicted molar refractivity (Wildman–Crippen MR) is 128 cm³/mol. The van der Waals surface area contributed by atoms with Gasteiger partial charge in [-0.1, -0.05) is 49.6 Å². The number of nitrogens with one attached hydrogen (secondary N) is 1. The molecule has 0 amide bonds. The number of hydrogen-bond acceptors (Lipinski definition) is 4. The van der Waals surface area contributed by atoms with E-state index in [1.807, 2.05) is 36.4 Å². The zero-order valence-electron chi connectivity index (χ0n) is 17.5. The number of aliphatic hydroxyl groups is 1. The SMILES string of the molecule is Cl.Cl.OC1(C(CN2CCNCC2)c2cccc(Oc3ccccc3)c2)CCCCC1. The molecule has 0 bridgehead atoms. The molecule has 1 saturated carbocycles. The van der Waals surface area contributed by atoms with Crippen molar-refractivity contribution in [1.82, 2.24) is 10.2 Å². The standard InChI is InChI=1S/C24H32N2O2.2ClH/c27-24(12-5-2-6-13-24)23(19-26-16-14-25-15-17-26)20-8-7-11-22(18-20)28-21-9-3-1-4-10-21;;/h1,3-4,7-11,18,23,25,27H,2,5-6,12-17,19H2;2*1H. The van der Waals surface area contributed by atoms with Gasteiger partial charge in [0.25, 0.3) is 0 Å². The molecule has 0 spiro atoms. The number of piperazine rings is 1. The highest BCUT2D eigenvalue weighted by molar-refractivity contribution is 5.85. The van der Waals surface area contributed by atoms with Gasteiger partial charge in [-0.15, -0.1) is 24.8 Å². The van der Waals surface area contributed by atoms with E-state index in [1.165, 1.54) is 12.0 Å². The van der Waals surface area contributed by atoms with Crippen molar-refractivity contribution in [1.29, 1.82) is 0 Å². The number of hydrogen-bond donors (Lipinski definition) is 2. The van der Waals surface area contributed by atoms with E-state index in [0.717, 1.165) is 69.9 Å². The van der Waals surface area contributed by atoms with Crippen molar-refractivity contribution >= 4 is 24.8 Å². The first-order valence-electron chi connectivity index (χ1n) is 10.7. The Morgan fingerprint density at radius 1 is 0.900 bits per heavy atom. The molecule has 2 N–H and O–H groups in total. The molecule has 2 aromatic rings. The molecule has 4 nitrogen and oxygen atoms in total. The first-order chi connectivity index (χ1) is 13.7. The van der Waals surface area contributed by atoms with Crippen LogP contribution < -0.4 is 10.1 Å². The minimum atomic E-state index is -0.617. The Bertz CT molecular complexity index is 748. The van der Waals surface area contributed by atoms with Gasteiger partial charge in [-0.25, -0.2) is 0 Å². The lowest BCUT2D eigenvalue weighted by Gasteiger charge is -2.42. The average molecular weight is 453 g/mol. The molecule has 0 aromatic heterocycles. The summed E-state index contributed by atoms with van der Waals surface area (Å²) in [5.41, 5.74) is 0.575. The molecule has 1 aliphatic carbocycles. The van der Waals surface area contributed by atoms with Crippen molar-refractivity contribution in [2.24, 2.45) is 0 Å². The van der Waals surface area contributed by atoms with Crippen LogP contribution in [-0.2, 0) is 0 Å². The minimum absolute atomic E-state index is 0. The van der Waals surface area contributed by atoms with Gasteiger partial charge in [0, 0.05) is 38.6 Å². The predicted octanol–water partition coefficient (Wildman–Crippen LogP) is 5.01. The van der Waals surface area contributed by atoms with Crippen molar-refractivity contribution < 1.29 is 9.84 Å². The fraction of sp³-hybridized carbons (Fsp3) is 0.500. The normalized spacial score (nSPS) is 19.8. The molecule has 1 heterocycles. The van der Waals surface area contributed by atoms with Gasteiger partial charge in [-0.05, 0) is 42.7 Å². The van der Waals surface area contributed by atoms with Crippen LogP contribution in [0.4, 0.5) is 0 Å². The van der Waals surface area contributed by atoms with Crippen LogP contribution in [0.3, 0.4) is 0 Å². The van der Waals surface area contributed by atoms with E-state index in [2.05, 4.69) is 28.4 Å². The van der Waals surface area contributed by atoms with Gasteiger partial charge in [-0.2, -0.15) is 0 Å². The van der Waals surface area contributed by atoms with Crippen LogP contribution in [-0.4, -0.2) is 48.3 Å². The molecule has 1 aliphatic heterocycles. The summed E-state index contributed by atoms with van der Waals surface area (Å²) in [4.78, 5) is 2.50. The van der Waals surface area contributed by atoms with Crippen molar-refractivity contribution in [2.75, 3.05) is 32.7 Å². The number of ether oxygens (including phenoxy) is 1. The van der Waals surface area contributed by atoms with Crippen LogP contribution in [0.25, 0.3) is 0 Å². The van der Waals surface area contributed by atoms with Gasteiger partial charge in [0.05, 0.1) is 5.60 Å². The summed E-state index contributed by atoms with van der Waals surface area (Å²) in [5, 5.41) is 15.0. The van der Waals surface area contributed by atoms with Crippen molar-refractivity contribution in [3.8, 4) is 11.5 Å². The number of rotatable bonds is 6. The van der Waals surface area contributed by atoms with Crippen LogP contribution in [0, 0.1) is 0 Å². The van der Waals surface area contributed by atoms with Gasteiger partial charge < -0.3 is 20.1 Å². The van der Waals surface area contributed by atoms with E-state index < -0.39 is 5.60 Å². The fourth-order valence-electron chi connectivity index (χ4n) is 4.67. The van der Waals surface area contributed by atoms with Gasteiger partial charge in [0.2, 0.25) is 0 Å². The molecule has 2 aromatic carbocycles. The quantitative estimate of drug-likeness (QED) is 0.646. The van der Waals surface area contributed by atoms with E-state index in [1.54, 1.807) is 0 Å². The first kappa shape index (κ1) is 25.0. The third-order valence-electron chi connectivity index (χ3n) is 6.26. The lowest BCUT2D eigenvalue weighted by Crippen LogP contribution is -2.49. The Morgan fingerprint density at radius 3 is 2.27 bits per heavy atom. The van der Waals surface area contributed by atoms with Gasteiger partial charge in [0.1, 0.15) is 11.5 Å². The molecular weight excluding hydrogens is 419 g/mol. The zero-order valence-corrected chi connectivity index (χ0v) is 19.1. The Kier molecular flexibility index (Phi) is 9.92. The largest absolute Gasteiger partial charge is 0.457 e. The zero-order chi connectivity index (χ0) is 19.2. The summed E-state index contributed by atoms with van der Waals surface area (Å²) in [7, 11) is 0. The topological polar surface area (TPSA) is 44.7 Å². The molecule has 0 radical (unpaired) electrons. The monoisotopic (exact) mass is 452 g/mol. The van der Waals surface area contributed by atoms with E-state index in [-0.39, 0.29) is 30.7 Å². The highest BCUT2D eigenvalue weighted by Gasteiger charge is 2.39. The number of nitrogens with zero attached hydrogens (tertiary/aromatic N) is 1. The summed E-state index contributed by atoms with van der Waals surface area (Å²) in [6.07, 6.45) is 5.27. The van der Waals surface area contributed by atoms with Crippen LogP contribution in [0.15, 0.2) is 54.6 Å². The van der Waals surface area contributed by atoms with E-state index >= 15 is 0 Å². The molecule has 2 aliphatic rings. The average Bonchev–Trinajstić information content (AvgIpc) is 2.74. The van der Waals surface area contributed by atoms with Crippen LogP contribution in [0.1, 0.15) is 43.6 Å². The molecule has 6 heteroatoms. The van der Waals surface area contributed by atoms with Gasteiger partial charge in [-0.3, -0.25) is 0 Å². The Labute approximate surface area is 192 Å². The highest BCUT2D eigenvalue weighted by atomic mass is 35.5. The second-order valence-corrected chi connectivity index (χ2v) is 8.26. The molecule has 166 valence electrons. The molecule has 1 unspecified atom stereocenters. The maximum Gasteiger partial charge on any atom is 0.127 e. The second kappa shape index (κ2) is 11.9. The number of halogens is 2. The van der Waals surface area contributed by atoms with E-state index in [9.17, 15) is 5.11 Å². The van der Waals surface area contributed by atoms with Gasteiger partial charge >= 0.3 is 0 Å². The highest BCUT2D eigenvalue weighted by Crippen LogP contribution is 2.41. The molecule has 30 heavy (non-hydrogen) atoms. The van der Waals surface area contributed by atoms with Crippen molar-refractivity contribution in [3.63, 3.8) is 0 Å². The maximum absolute atomic E-state index is 11.6. The van der Waals surface area contributed by atoms with Gasteiger partial charge in [0.15, 0.2) is 0 Å². The first-order valence-corrected chi connectivity index (χ1v) is 10.7. The Balaban J connectivity index is 0.00000160. The lowest BCUT2D eigenvalue weighted by molar-refractivity contribution is -0.0316. The molecule has 4 rings (SSSR count). The lowest BCUT2D eigenvalue weighted by atomic mass is 9.72. The van der Waals surface area contributed by atoms with E-state index in [4.69, 9.17) is 4.74 Å². The summed E-state index contributed by atoms with van der Waals surface area (Å²) in [5.74, 6) is 1.80. The fourth-order valence-corrected chi connectivity index (χ4v) is 4.67. The van der Waals surface area contributed by atoms with E-state index in [0.29, 0.717) is 0 Å². The van der Waals surface area contributed by atoms with Crippen LogP contribution in [0.2, 0.25) is 0 Å². The summed E-state index contributed by atoms with van der Waals surface area (Å²) >= 11 is 0. The Hall–Kier alpha value is -1.30.